The molecule has 1 aromatic rings. The van der Waals surface area contributed by atoms with Crippen molar-refractivity contribution in [1.29, 1.82) is 0 Å². The summed E-state index contributed by atoms with van der Waals surface area (Å²) in [5, 5.41) is 0. The number of nitrogens with zero attached hydrogens (tertiary/aromatic N) is 1. The Morgan fingerprint density at radius 2 is 2.00 bits per heavy atom. The molecule has 0 aliphatic heterocycles. The second-order valence-corrected chi connectivity index (χ2v) is 4.12. The van der Waals surface area contributed by atoms with Gasteiger partial charge in [0, 0.05) is 20.2 Å². The molecule has 0 aliphatic carbocycles. The van der Waals surface area contributed by atoms with Gasteiger partial charge in [0.05, 0.1) is 10.2 Å². The number of nitrogens with two attached hydrogens (primary N) is 1. The Hall–Kier alpha value is -1.62. The van der Waals surface area contributed by atoms with Crippen molar-refractivity contribution in [2.75, 3.05) is 7.05 Å². The van der Waals surface area contributed by atoms with Crippen LogP contribution in [0.3, 0.4) is 0 Å². The van der Waals surface area contributed by atoms with Crippen molar-refractivity contribution < 1.29 is 9.53 Å². The van der Waals surface area contributed by atoms with Gasteiger partial charge in [-0.3, -0.25) is 9.79 Å². The fourth-order valence-corrected chi connectivity index (χ4v) is 1.62. The highest BCUT2D eigenvalue weighted by Crippen LogP contribution is 2.20. The smallest absolute Gasteiger partial charge is 0.308 e. The zero-order chi connectivity index (χ0) is 12.8. The number of aliphatic imine (C=N–C) groups is 1. The molecule has 0 saturated carbocycles. The molecule has 2 N–H and O–H groups in total. The maximum Gasteiger partial charge on any atom is 0.308 e. The van der Waals surface area contributed by atoms with E-state index in [0.717, 1.165) is 5.56 Å². The molecule has 0 unspecified atom stereocenters. The number of esters is 1. The van der Waals surface area contributed by atoms with E-state index in [1.807, 2.05) is 0 Å². The number of allylic oxidation sites excluding steroid dienone is 1. The van der Waals surface area contributed by atoms with E-state index in [9.17, 15) is 4.79 Å². The highest BCUT2D eigenvalue weighted by atomic mass is 79.9. The zero-order valence-corrected chi connectivity index (χ0v) is 11.2. The first kappa shape index (κ1) is 13.4. The lowest BCUT2D eigenvalue weighted by Gasteiger charge is -2.05. The van der Waals surface area contributed by atoms with Crippen LogP contribution < -0.4 is 10.5 Å². The summed E-state index contributed by atoms with van der Waals surface area (Å²) in [6.07, 6.45) is 1.62. The second kappa shape index (κ2) is 6.20. The van der Waals surface area contributed by atoms with Crippen LogP contribution in [-0.4, -0.2) is 19.2 Å². The Bertz CT molecular complexity index is 464. The lowest BCUT2D eigenvalue weighted by atomic mass is 10.1. The molecule has 0 fully saturated rings. The summed E-state index contributed by atoms with van der Waals surface area (Å²) >= 11 is 3.32. The molecular formula is C12H13BrN2O2. The Morgan fingerprint density at radius 1 is 1.41 bits per heavy atom. The minimum atomic E-state index is -0.347. The van der Waals surface area contributed by atoms with Crippen LogP contribution in [-0.2, 0) is 4.79 Å². The van der Waals surface area contributed by atoms with E-state index in [0.29, 0.717) is 15.9 Å². The summed E-state index contributed by atoms with van der Waals surface area (Å²) in [6.45, 7) is 1.36. The first-order valence-electron chi connectivity index (χ1n) is 4.91. The highest BCUT2D eigenvalue weighted by molar-refractivity contribution is 9.12. The molecule has 0 spiro atoms. The van der Waals surface area contributed by atoms with Crippen LogP contribution in [0.1, 0.15) is 12.5 Å². The fourth-order valence-electron chi connectivity index (χ4n) is 1.19. The molecule has 90 valence electrons. The Labute approximate surface area is 108 Å². The molecule has 0 amide bonds. The number of benzene rings is 1. The summed E-state index contributed by atoms with van der Waals surface area (Å²) in [5.41, 5.74) is 7.31. The molecule has 5 heteroatoms. The number of hydrogen-bond acceptors (Lipinski definition) is 4. The van der Waals surface area contributed by atoms with E-state index >= 15 is 0 Å². The van der Waals surface area contributed by atoms with Crippen LogP contribution in [0.25, 0.3) is 5.70 Å². The van der Waals surface area contributed by atoms with E-state index in [2.05, 4.69) is 20.9 Å². The summed E-state index contributed by atoms with van der Waals surface area (Å²) in [6, 6.07) is 6.93. The number of hydrogen-bond donors (Lipinski definition) is 1. The van der Waals surface area contributed by atoms with Gasteiger partial charge >= 0.3 is 5.97 Å². The van der Waals surface area contributed by atoms with E-state index in [4.69, 9.17) is 10.5 Å². The molecule has 0 heterocycles. The summed E-state index contributed by atoms with van der Waals surface area (Å²) in [7, 11) is 1.67. The maximum absolute atomic E-state index is 10.7. The van der Waals surface area contributed by atoms with E-state index in [1.165, 1.54) is 6.92 Å². The van der Waals surface area contributed by atoms with Gasteiger partial charge in [-0.05, 0) is 45.8 Å². The summed E-state index contributed by atoms with van der Waals surface area (Å²) < 4.78 is 5.63. The summed E-state index contributed by atoms with van der Waals surface area (Å²) in [5.74, 6) is 0.148. The SMILES string of the molecule is CN=C/C(Br)=C(\N)c1ccc(OC(C)=O)cc1. The lowest BCUT2D eigenvalue weighted by molar-refractivity contribution is -0.131. The van der Waals surface area contributed by atoms with Crippen LogP contribution in [0.4, 0.5) is 0 Å². The molecule has 4 nitrogen and oxygen atoms in total. The molecule has 0 radical (unpaired) electrons. The van der Waals surface area contributed by atoms with Gasteiger partial charge in [0.15, 0.2) is 0 Å². The van der Waals surface area contributed by atoms with Crippen LogP contribution in [0.5, 0.6) is 5.75 Å². The average Bonchev–Trinajstić information content (AvgIpc) is 2.28. The highest BCUT2D eigenvalue weighted by Gasteiger charge is 2.03. The van der Waals surface area contributed by atoms with Crippen molar-refractivity contribution in [1.82, 2.24) is 0 Å². The maximum atomic E-state index is 10.7. The Morgan fingerprint density at radius 3 is 2.47 bits per heavy atom. The largest absolute Gasteiger partial charge is 0.427 e. The van der Waals surface area contributed by atoms with Gasteiger partial charge in [-0.2, -0.15) is 0 Å². The second-order valence-electron chi connectivity index (χ2n) is 3.27. The topological polar surface area (TPSA) is 64.7 Å². The van der Waals surface area contributed by atoms with Crippen molar-refractivity contribution in [2.24, 2.45) is 10.7 Å². The van der Waals surface area contributed by atoms with E-state index in [1.54, 1.807) is 37.5 Å². The van der Waals surface area contributed by atoms with Gasteiger partial charge in [-0.25, -0.2) is 0 Å². The van der Waals surface area contributed by atoms with Gasteiger partial charge in [-0.15, -0.1) is 0 Å². The van der Waals surface area contributed by atoms with Crippen LogP contribution >= 0.6 is 15.9 Å². The van der Waals surface area contributed by atoms with Crippen molar-refractivity contribution in [3.05, 3.63) is 34.3 Å². The van der Waals surface area contributed by atoms with Gasteiger partial charge < -0.3 is 10.5 Å². The van der Waals surface area contributed by atoms with Crippen molar-refractivity contribution in [3.63, 3.8) is 0 Å². The lowest BCUT2D eigenvalue weighted by Crippen LogP contribution is -2.02. The van der Waals surface area contributed by atoms with Gasteiger partial charge in [0.25, 0.3) is 0 Å². The fraction of sp³-hybridized carbons (Fsp3) is 0.167. The molecular weight excluding hydrogens is 284 g/mol. The van der Waals surface area contributed by atoms with Crippen LogP contribution in [0, 0.1) is 0 Å². The number of rotatable bonds is 3. The number of carbonyl (C=O) groups is 1. The zero-order valence-electron chi connectivity index (χ0n) is 9.61. The van der Waals surface area contributed by atoms with Gasteiger partial charge in [0.2, 0.25) is 0 Å². The first-order chi connectivity index (χ1) is 8.04. The number of halogens is 1. The van der Waals surface area contributed by atoms with Crippen molar-refractivity contribution in [2.45, 2.75) is 6.92 Å². The molecule has 0 saturated heterocycles. The van der Waals surface area contributed by atoms with Crippen LogP contribution in [0.2, 0.25) is 0 Å². The minimum Gasteiger partial charge on any atom is -0.427 e. The third-order valence-corrected chi connectivity index (χ3v) is 2.56. The summed E-state index contributed by atoms with van der Waals surface area (Å²) in [4.78, 5) is 14.6. The predicted molar refractivity (Wildman–Crippen MR) is 72.2 cm³/mol. The van der Waals surface area contributed by atoms with E-state index < -0.39 is 0 Å². The van der Waals surface area contributed by atoms with E-state index in [-0.39, 0.29) is 5.97 Å². The monoisotopic (exact) mass is 296 g/mol. The molecule has 1 rings (SSSR count). The molecule has 0 bridgehead atoms. The van der Waals surface area contributed by atoms with Crippen LogP contribution in [0.15, 0.2) is 33.7 Å². The molecule has 0 aliphatic rings. The third kappa shape index (κ3) is 4.03. The Balaban J connectivity index is 2.95. The average molecular weight is 297 g/mol. The normalized spacial score (nSPS) is 12.4. The van der Waals surface area contributed by atoms with Gasteiger partial charge in [-0.1, -0.05) is 0 Å². The molecule has 1 aromatic carbocycles. The molecule has 0 aromatic heterocycles. The molecule has 17 heavy (non-hydrogen) atoms. The van der Waals surface area contributed by atoms with Gasteiger partial charge in [0.1, 0.15) is 5.75 Å². The standard InChI is InChI=1S/C12H13BrN2O2/c1-8(16)17-10-5-3-9(4-6-10)12(14)11(13)7-15-2/h3-7H,14H2,1-2H3/b12-11+,15-7?. The first-order valence-corrected chi connectivity index (χ1v) is 5.70. The predicted octanol–water partition coefficient (Wildman–Crippen LogP) is 2.33. The number of ether oxygens (including phenoxy) is 1. The molecule has 0 atom stereocenters. The minimum absolute atomic E-state index is 0.347. The van der Waals surface area contributed by atoms with Crippen molar-refractivity contribution in [3.8, 4) is 5.75 Å². The van der Waals surface area contributed by atoms with Crippen molar-refractivity contribution >= 4 is 33.8 Å². The Kier molecular flexibility index (Phi) is 4.90. The number of carbonyl (C=O) groups excluding carboxylic acids is 1. The quantitative estimate of drug-likeness (QED) is 0.529. The third-order valence-electron chi connectivity index (χ3n) is 1.93.